The van der Waals surface area contributed by atoms with Crippen molar-refractivity contribution in [3.63, 3.8) is 0 Å². The van der Waals surface area contributed by atoms with Crippen molar-refractivity contribution in [2.24, 2.45) is 0 Å². The second kappa shape index (κ2) is 6.70. The molecule has 1 atom stereocenters. The quantitative estimate of drug-likeness (QED) is 0.664. The summed E-state index contributed by atoms with van der Waals surface area (Å²) in [6.45, 7) is 6.79. The molecule has 1 aromatic rings. The molecule has 5 heteroatoms. The highest BCUT2D eigenvalue weighted by Gasteiger charge is 2.20. The normalized spacial score (nSPS) is 18.8. The van der Waals surface area contributed by atoms with E-state index in [0.29, 0.717) is 6.04 Å². The van der Waals surface area contributed by atoms with Crippen LogP contribution < -0.4 is 10.2 Å². The van der Waals surface area contributed by atoms with E-state index >= 15 is 0 Å². The van der Waals surface area contributed by atoms with Gasteiger partial charge in [0.25, 0.3) is 5.69 Å². The Morgan fingerprint density at radius 1 is 1.45 bits per heavy atom. The predicted octanol–water partition coefficient (Wildman–Crippen LogP) is 2.87. The molecule has 0 aliphatic carbocycles. The Kier molecular flexibility index (Phi) is 4.95. The van der Waals surface area contributed by atoms with Crippen LogP contribution in [0.3, 0.4) is 0 Å². The van der Waals surface area contributed by atoms with Crippen LogP contribution in [0, 0.1) is 17.0 Å². The van der Waals surface area contributed by atoms with E-state index in [1.54, 1.807) is 12.1 Å². The second-order valence-corrected chi connectivity index (χ2v) is 5.36. The number of nitrogens with one attached hydrogen (secondary N) is 1. The zero-order valence-corrected chi connectivity index (χ0v) is 12.3. The summed E-state index contributed by atoms with van der Waals surface area (Å²) in [5, 5.41) is 14.6. The van der Waals surface area contributed by atoms with Crippen LogP contribution >= 0.6 is 0 Å². The Morgan fingerprint density at radius 2 is 2.25 bits per heavy atom. The highest BCUT2D eigenvalue weighted by Crippen LogP contribution is 2.28. The maximum atomic E-state index is 11.0. The lowest BCUT2D eigenvalue weighted by atomic mass is 10.0. The number of benzene rings is 1. The van der Waals surface area contributed by atoms with E-state index in [1.807, 2.05) is 13.0 Å². The molecule has 0 saturated carbocycles. The van der Waals surface area contributed by atoms with E-state index in [0.717, 1.165) is 30.9 Å². The van der Waals surface area contributed by atoms with Crippen molar-refractivity contribution >= 4 is 11.4 Å². The number of piperidine rings is 1. The molecule has 0 spiro atoms. The Labute approximate surface area is 120 Å². The fraction of sp³-hybridized carbons (Fsp3) is 0.600. The summed E-state index contributed by atoms with van der Waals surface area (Å²) >= 11 is 0. The van der Waals surface area contributed by atoms with Gasteiger partial charge >= 0.3 is 0 Å². The molecule has 1 unspecified atom stereocenters. The highest BCUT2D eigenvalue weighted by molar-refractivity contribution is 5.61. The molecule has 0 bridgehead atoms. The van der Waals surface area contributed by atoms with E-state index in [-0.39, 0.29) is 10.6 Å². The van der Waals surface area contributed by atoms with Crippen molar-refractivity contribution in [3.05, 3.63) is 33.9 Å². The summed E-state index contributed by atoms with van der Waals surface area (Å²) in [7, 11) is 0. The lowest BCUT2D eigenvalue weighted by molar-refractivity contribution is -0.385. The lowest BCUT2D eigenvalue weighted by Crippen LogP contribution is -2.44. The molecule has 1 heterocycles. The third-order valence-electron chi connectivity index (χ3n) is 4.05. The van der Waals surface area contributed by atoms with E-state index in [9.17, 15) is 10.1 Å². The van der Waals surface area contributed by atoms with E-state index in [1.165, 1.54) is 19.3 Å². The number of nitro benzene ring substituents is 1. The van der Waals surface area contributed by atoms with Crippen molar-refractivity contribution in [2.75, 3.05) is 24.5 Å². The summed E-state index contributed by atoms with van der Waals surface area (Å²) in [5.41, 5.74) is 1.95. The number of hydrogen-bond donors (Lipinski definition) is 1. The van der Waals surface area contributed by atoms with Crippen LogP contribution in [0.2, 0.25) is 0 Å². The van der Waals surface area contributed by atoms with Gasteiger partial charge in [-0.1, -0.05) is 12.5 Å². The van der Waals surface area contributed by atoms with Crippen LogP contribution in [0.4, 0.5) is 11.4 Å². The first kappa shape index (κ1) is 14.8. The number of likely N-dealkylation sites (N-methyl/N-ethyl adjacent to an activating group) is 1. The van der Waals surface area contributed by atoms with Gasteiger partial charge in [-0.3, -0.25) is 10.1 Å². The van der Waals surface area contributed by atoms with Crippen molar-refractivity contribution in [1.29, 1.82) is 0 Å². The maximum absolute atomic E-state index is 11.0. The molecular formula is C15H23N3O2. The van der Waals surface area contributed by atoms with Crippen molar-refractivity contribution < 1.29 is 4.92 Å². The molecule has 2 rings (SSSR count). The standard InChI is InChI=1S/C15H23N3O2/c1-3-17(11-13-7-4-5-10-16-13)14-8-6-9-15(12(14)2)18(19)20/h6,8-9,13,16H,3-5,7,10-11H2,1-2H3. The second-order valence-electron chi connectivity index (χ2n) is 5.36. The minimum Gasteiger partial charge on any atom is -0.370 e. The fourth-order valence-electron chi connectivity index (χ4n) is 2.90. The van der Waals surface area contributed by atoms with Gasteiger partial charge in [0.05, 0.1) is 10.5 Å². The van der Waals surface area contributed by atoms with Crippen LogP contribution in [-0.4, -0.2) is 30.6 Å². The fourth-order valence-corrected chi connectivity index (χ4v) is 2.90. The summed E-state index contributed by atoms with van der Waals surface area (Å²) in [4.78, 5) is 13.0. The largest absolute Gasteiger partial charge is 0.370 e. The molecule has 0 radical (unpaired) electrons. The SMILES string of the molecule is CCN(CC1CCCCN1)c1cccc([N+](=O)[O-])c1C. The van der Waals surface area contributed by atoms with E-state index in [2.05, 4.69) is 17.1 Å². The number of nitro groups is 1. The molecule has 1 aliphatic rings. The van der Waals surface area contributed by atoms with Gasteiger partial charge in [0.1, 0.15) is 0 Å². The van der Waals surface area contributed by atoms with Crippen LogP contribution in [0.5, 0.6) is 0 Å². The molecule has 20 heavy (non-hydrogen) atoms. The number of rotatable bonds is 5. The van der Waals surface area contributed by atoms with Gasteiger partial charge in [-0.05, 0) is 39.3 Å². The molecule has 0 amide bonds. The number of hydrogen-bond acceptors (Lipinski definition) is 4. The Morgan fingerprint density at radius 3 is 2.85 bits per heavy atom. The summed E-state index contributed by atoms with van der Waals surface area (Å²) < 4.78 is 0. The van der Waals surface area contributed by atoms with Crippen LogP contribution in [0.25, 0.3) is 0 Å². The first-order chi connectivity index (χ1) is 9.63. The molecule has 1 aliphatic heterocycles. The van der Waals surface area contributed by atoms with Gasteiger partial charge in [-0.15, -0.1) is 0 Å². The zero-order chi connectivity index (χ0) is 14.5. The topological polar surface area (TPSA) is 58.4 Å². The average Bonchev–Trinajstić information content (AvgIpc) is 2.46. The monoisotopic (exact) mass is 277 g/mol. The van der Waals surface area contributed by atoms with Gasteiger partial charge < -0.3 is 10.2 Å². The molecule has 1 saturated heterocycles. The van der Waals surface area contributed by atoms with Crippen molar-refractivity contribution in [3.8, 4) is 0 Å². The van der Waals surface area contributed by atoms with Gasteiger partial charge in [-0.2, -0.15) is 0 Å². The average molecular weight is 277 g/mol. The summed E-state index contributed by atoms with van der Waals surface area (Å²) in [5.74, 6) is 0. The minimum atomic E-state index is -0.300. The first-order valence-electron chi connectivity index (χ1n) is 7.35. The minimum absolute atomic E-state index is 0.206. The zero-order valence-electron chi connectivity index (χ0n) is 12.3. The Bertz CT molecular complexity index is 470. The third kappa shape index (κ3) is 3.28. The van der Waals surface area contributed by atoms with Gasteiger partial charge in [0, 0.05) is 30.9 Å². The smallest absolute Gasteiger partial charge is 0.274 e. The molecule has 5 nitrogen and oxygen atoms in total. The third-order valence-corrected chi connectivity index (χ3v) is 4.05. The highest BCUT2D eigenvalue weighted by atomic mass is 16.6. The van der Waals surface area contributed by atoms with Gasteiger partial charge in [0.2, 0.25) is 0 Å². The maximum Gasteiger partial charge on any atom is 0.274 e. The van der Waals surface area contributed by atoms with Crippen LogP contribution in [0.15, 0.2) is 18.2 Å². The lowest BCUT2D eigenvalue weighted by Gasteiger charge is -2.32. The Balaban J connectivity index is 2.18. The predicted molar refractivity (Wildman–Crippen MR) is 81.4 cm³/mol. The van der Waals surface area contributed by atoms with Crippen molar-refractivity contribution in [2.45, 2.75) is 39.2 Å². The van der Waals surface area contributed by atoms with E-state index < -0.39 is 0 Å². The number of nitrogens with zero attached hydrogens (tertiary/aromatic N) is 2. The molecule has 0 aromatic heterocycles. The Hall–Kier alpha value is -1.62. The van der Waals surface area contributed by atoms with Gasteiger partial charge in [0.15, 0.2) is 0 Å². The summed E-state index contributed by atoms with van der Waals surface area (Å²) in [6, 6.07) is 5.82. The number of anilines is 1. The molecular weight excluding hydrogens is 254 g/mol. The molecule has 1 fully saturated rings. The van der Waals surface area contributed by atoms with Crippen molar-refractivity contribution in [1.82, 2.24) is 5.32 Å². The summed E-state index contributed by atoms with van der Waals surface area (Å²) in [6.07, 6.45) is 3.70. The molecule has 110 valence electrons. The first-order valence-corrected chi connectivity index (χ1v) is 7.35. The van der Waals surface area contributed by atoms with E-state index in [4.69, 9.17) is 0 Å². The van der Waals surface area contributed by atoms with Crippen LogP contribution in [-0.2, 0) is 0 Å². The van der Waals surface area contributed by atoms with Crippen LogP contribution in [0.1, 0.15) is 31.7 Å². The van der Waals surface area contributed by atoms with Gasteiger partial charge in [-0.25, -0.2) is 0 Å². The molecule has 1 N–H and O–H groups in total. The molecule has 1 aromatic carbocycles.